The number of carbonyl (C=O) groups excluding carboxylic acids is 1. The van der Waals surface area contributed by atoms with Gasteiger partial charge in [-0.1, -0.05) is 6.58 Å². The number of nitrogens with zero attached hydrogens (tertiary/aromatic N) is 1. The van der Waals surface area contributed by atoms with Crippen LogP contribution in [0.15, 0.2) is 12.8 Å². The Bertz CT molecular complexity index is 172. The van der Waals surface area contributed by atoms with Crippen LogP contribution in [0.5, 0.6) is 0 Å². The van der Waals surface area contributed by atoms with Gasteiger partial charge >= 0.3 is 0 Å². The fourth-order valence-corrected chi connectivity index (χ4v) is 1.29. The summed E-state index contributed by atoms with van der Waals surface area (Å²) in [5, 5.41) is 0. The molecule has 0 aromatic carbocycles. The van der Waals surface area contributed by atoms with E-state index in [4.69, 9.17) is 0 Å². The Morgan fingerprint density at radius 3 is 2.50 bits per heavy atom. The Kier molecular flexibility index (Phi) is 1.55. The van der Waals surface area contributed by atoms with E-state index in [1.54, 1.807) is 6.20 Å². The van der Waals surface area contributed by atoms with E-state index in [-0.39, 0.29) is 5.54 Å². The maximum atomic E-state index is 11.2. The molecule has 0 saturated carbocycles. The molecule has 1 rings (SSSR count). The molecule has 56 valence electrons. The lowest BCUT2D eigenvalue weighted by Gasteiger charge is -2.27. The number of ketones is 1. The molecule has 0 bridgehead atoms. The average molecular weight is 139 g/mol. The molecule has 1 heterocycles. The Morgan fingerprint density at radius 1 is 1.70 bits per heavy atom. The maximum Gasteiger partial charge on any atom is 0.159 e. The lowest BCUT2D eigenvalue weighted by atomic mass is 10.0. The summed E-state index contributed by atoms with van der Waals surface area (Å²) in [7, 11) is 0. The molecule has 0 N–H and O–H groups in total. The van der Waals surface area contributed by atoms with Gasteiger partial charge in [-0.2, -0.15) is 0 Å². The van der Waals surface area contributed by atoms with Gasteiger partial charge in [0.15, 0.2) is 5.78 Å². The van der Waals surface area contributed by atoms with E-state index < -0.39 is 0 Å². The first-order chi connectivity index (χ1) is 4.59. The minimum absolute atomic E-state index is 0.304. The van der Waals surface area contributed by atoms with Crippen molar-refractivity contribution in [2.24, 2.45) is 0 Å². The Balaban J connectivity index is 2.83. The average Bonchev–Trinajstić information content (AvgIpc) is 2.10. The summed E-state index contributed by atoms with van der Waals surface area (Å²) in [6.07, 6.45) is 2.41. The van der Waals surface area contributed by atoms with Crippen LogP contribution in [0, 0.1) is 0 Å². The highest BCUT2D eigenvalue weighted by Crippen LogP contribution is 2.24. The van der Waals surface area contributed by atoms with Gasteiger partial charge in [0.1, 0.15) is 0 Å². The van der Waals surface area contributed by atoms with Crippen LogP contribution in [-0.2, 0) is 4.79 Å². The highest BCUT2D eigenvalue weighted by atomic mass is 16.1. The third-order valence-electron chi connectivity index (χ3n) is 2.20. The molecule has 1 saturated heterocycles. The largest absolute Gasteiger partial charge is 0.365 e. The molecule has 1 fully saturated rings. The molecule has 0 aromatic heterocycles. The van der Waals surface area contributed by atoms with Crippen molar-refractivity contribution in [2.45, 2.75) is 25.8 Å². The van der Waals surface area contributed by atoms with Gasteiger partial charge in [0.2, 0.25) is 0 Å². The molecule has 2 nitrogen and oxygen atoms in total. The van der Waals surface area contributed by atoms with Crippen LogP contribution in [-0.4, -0.2) is 22.8 Å². The number of carbonyl (C=O) groups is 1. The molecule has 0 unspecified atom stereocenters. The smallest absolute Gasteiger partial charge is 0.159 e. The molecule has 0 atom stereocenters. The van der Waals surface area contributed by atoms with Gasteiger partial charge in [-0.05, 0) is 20.0 Å². The predicted octanol–water partition coefficient (Wildman–Crippen LogP) is 1.18. The van der Waals surface area contributed by atoms with Gasteiger partial charge < -0.3 is 4.90 Å². The summed E-state index contributed by atoms with van der Waals surface area (Å²) in [4.78, 5) is 13.2. The van der Waals surface area contributed by atoms with Crippen LogP contribution in [0.1, 0.15) is 20.3 Å². The highest BCUT2D eigenvalue weighted by molar-refractivity contribution is 5.89. The second kappa shape index (κ2) is 2.11. The monoisotopic (exact) mass is 139 g/mol. The first-order valence-electron chi connectivity index (χ1n) is 3.51. The van der Waals surface area contributed by atoms with Gasteiger partial charge in [-0.25, -0.2) is 0 Å². The van der Waals surface area contributed by atoms with Crippen molar-refractivity contribution in [3.8, 4) is 0 Å². The van der Waals surface area contributed by atoms with Gasteiger partial charge in [-0.3, -0.25) is 4.79 Å². The number of rotatable bonds is 1. The molecule has 1 aliphatic heterocycles. The van der Waals surface area contributed by atoms with Crippen molar-refractivity contribution in [1.82, 2.24) is 4.90 Å². The normalized spacial score (nSPS) is 23.4. The van der Waals surface area contributed by atoms with E-state index >= 15 is 0 Å². The second-order valence-corrected chi connectivity index (χ2v) is 3.11. The lowest BCUT2D eigenvalue weighted by Crippen LogP contribution is -2.39. The third kappa shape index (κ3) is 0.838. The Hall–Kier alpha value is -0.790. The van der Waals surface area contributed by atoms with E-state index in [1.807, 2.05) is 18.7 Å². The zero-order valence-electron chi connectivity index (χ0n) is 6.55. The number of Topliss-reactive ketones (excluding diaryl/α,β-unsaturated/α-hetero) is 1. The first kappa shape index (κ1) is 7.32. The quantitative estimate of drug-likeness (QED) is 0.543. The molecular weight excluding hydrogens is 126 g/mol. The second-order valence-electron chi connectivity index (χ2n) is 3.11. The molecular formula is C8H13NO. The van der Waals surface area contributed by atoms with Crippen molar-refractivity contribution in [3.63, 3.8) is 0 Å². The summed E-state index contributed by atoms with van der Waals surface area (Å²) in [6.45, 7) is 8.34. The minimum atomic E-state index is -0.304. The SMILES string of the molecule is C=CN1CCC(=O)C1(C)C. The zero-order valence-corrected chi connectivity index (χ0v) is 6.55. The van der Waals surface area contributed by atoms with Crippen LogP contribution in [0.2, 0.25) is 0 Å². The summed E-state index contributed by atoms with van der Waals surface area (Å²) in [5.74, 6) is 0.312. The van der Waals surface area contributed by atoms with Gasteiger partial charge in [0, 0.05) is 13.0 Å². The molecule has 1 aliphatic rings. The Morgan fingerprint density at radius 2 is 2.30 bits per heavy atom. The van der Waals surface area contributed by atoms with Crippen molar-refractivity contribution in [1.29, 1.82) is 0 Å². The van der Waals surface area contributed by atoms with E-state index in [2.05, 4.69) is 6.58 Å². The van der Waals surface area contributed by atoms with Crippen molar-refractivity contribution >= 4 is 5.78 Å². The maximum absolute atomic E-state index is 11.2. The number of hydrogen-bond acceptors (Lipinski definition) is 2. The zero-order chi connectivity index (χ0) is 7.78. The number of likely N-dealkylation sites (tertiary alicyclic amines) is 1. The summed E-state index contributed by atoms with van der Waals surface area (Å²) >= 11 is 0. The lowest BCUT2D eigenvalue weighted by molar-refractivity contribution is -0.122. The Labute approximate surface area is 61.5 Å². The first-order valence-corrected chi connectivity index (χ1v) is 3.51. The topological polar surface area (TPSA) is 20.3 Å². The van der Waals surface area contributed by atoms with Crippen molar-refractivity contribution < 1.29 is 4.79 Å². The molecule has 0 aliphatic carbocycles. The summed E-state index contributed by atoms with van der Waals surface area (Å²) in [6, 6.07) is 0. The van der Waals surface area contributed by atoms with Crippen LogP contribution in [0.3, 0.4) is 0 Å². The van der Waals surface area contributed by atoms with E-state index in [9.17, 15) is 4.79 Å². The van der Waals surface area contributed by atoms with Gasteiger partial charge in [0.25, 0.3) is 0 Å². The van der Waals surface area contributed by atoms with Crippen LogP contribution in [0.25, 0.3) is 0 Å². The van der Waals surface area contributed by atoms with E-state index in [0.717, 1.165) is 6.54 Å². The van der Waals surface area contributed by atoms with Crippen LogP contribution < -0.4 is 0 Å². The van der Waals surface area contributed by atoms with E-state index in [1.165, 1.54) is 0 Å². The van der Waals surface area contributed by atoms with Crippen LogP contribution in [0.4, 0.5) is 0 Å². The van der Waals surface area contributed by atoms with Gasteiger partial charge in [-0.15, -0.1) is 0 Å². The third-order valence-corrected chi connectivity index (χ3v) is 2.20. The highest BCUT2D eigenvalue weighted by Gasteiger charge is 2.37. The molecule has 0 amide bonds. The number of hydrogen-bond donors (Lipinski definition) is 0. The summed E-state index contributed by atoms with van der Waals surface area (Å²) < 4.78 is 0. The van der Waals surface area contributed by atoms with Crippen molar-refractivity contribution in [2.75, 3.05) is 6.54 Å². The molecule has 0 radical (unpaired) electrons. The fraction of sp³-hybridized carbons (Fsp3) is 0.625. The summed E-state index contributed by atoms with van der Waals surface area (Å²) in [5.41, 5.74) is -0.304. The fourth-order valence-electron chi connectivity index (χ4n) is 1.29. The molecule has 0 aromatic rings. The predicted molar refractivity (Wildman–Crippen MR) is 40.6 cm³/mol. The van der Waals surface area contributed by atoms with Gasteiger partial charge in [0.05, 0.1) is 5.54 Å². The molecule has 2 heteroatoms. The van der Waals surface area contributed by atoms with Crippen LogP contribution >= 0.6 is 0 Å². The van der Waals surface area contributed by atoms with Crippen molar-refractivity contribution in [3.05, 3.63) is 12.8 Å². The molecule has 0 spiro atoms. The standard InChI is InChI=1S/C8H13NO/c1-4-9-6-5-7(10)8(9,2)3/h4H,1,5-6H2,2-3H3. The molecule has 10 heavy (non-hydrogen) atoms. The minimum Gasteiger partial charge on any atom is -0.365 e. The van der Waals surface area contributed by atoms with E-state index in [0.29, 0.717) is 12.2 Å².